The van der Waals surface area contributed by atoms with Gasteiger partial charge < -0.3 is 5.32 Å². The molecule has 1 N–H and O–H groups in total. The van der Waals surface area contributed by atoms with Crippen LogP contribution in [0.15, 0.2) is 42.5 Å². The van der Waals surface area contributed by atoms with E-state index in [9.17, 15) is 13.2 Å². The van der Waals surface area contributed by atoms with E-state index in [1.54, 1.807) is 30.3 Å². The summed E-state index contributed by atoms with van der Waals surface area (Å²) in [5.74, 6) is -0.443. The molecule has 1 amide bonds. The van der Waals surface area contributed by atoms with Gasteiger partial charge in [-0.15, -0.1) is 0 Å². The molecule has 0 heterocycles. The summed E-state index contributed by atoms with van der Waals surface area (Å²) >= 11 is 12.1. The summed E-state index contributed by atoms with van der Waals surface area (Å²) in [6.07, 6.45) is 1.04. The van der Waals surface area contributed by atoms with E-state index in [-0.39, 0.29) is 13.1 Å². The summed E-state index contributed by atoms with van der Waals surface area (Å²) in [4.78, 5) is 12.2. The summed E-state index contributed by atoms with van der Waals surface area (Å²) in [5, 5.41) is 3.64. The number of benzene rings is 2. The first-order chi connectivity index (χ1) is 11.7. The van der Waals surface area contributed by atoms with Gasteiger partial charge in [-0.05, 0) is 36.2 Å². The Morgan fingerprint density at radius 2 is 1.80 bits per heavy atom. The van der Waals surface area contributed by atoms with Crippen molar-refractivity contribution in [2.75, 3.05) is 17.1 Å². The van der Waals surface area contributed by atoms with E-state index < -0.39 is 15.9 Å². The Kier molecular flexibility index (Phi) is 6.32. The number of carbonyl (C=O) groups is 1. The van der Waals surface area contributed by atoms with Crippen LogP contribution in [0.2, 0.25) is 10.0 Å². The van der Waals surface area contributed by atoms with Crippen LogP contribution in [-0.4, -0.2) is 27.1 Å². The van der Waals surface area contributed by atoms with Crippen LogP contribution in [0.3, 0.4) is 0 Å². The van der Waals surface area contributed by atoms with Gasteiger partial charge in [-0.25, -0.2) is 8.42 Å². The molecule has 2 aromatic rings. The molecule has 0 spiro atoms. The van der Waals surface area contributed by atoms with Gasteiger partial charge in [0.1, 0.15) is 6.54 Å². The molecule has 0 aromatic heterocycles. The smallest absolute Gasteiger partial charge is 0.241 e. The summed E-state index contributed by atoms with van der Waals surface area (Å²) in [6.45, 7) is 1.68. The Bertz CT molecular complexity index is 885. The molecule has 0 aliphatic heterocycles. The molecule has 0 radical (unpaired) electrons. The van der Waals surface area contributed by atoms with Crippen LogP contribution in [0.5, 0.6) is 0 Å². The molecule has 2 aromatic carbocycles. The predicted molar refractivity (Wildman–Crippen MR) is 102 cm³/mol. The minimum absolute atomic E-state index is 0.213. The molecule has 25 heavy (non-hydrogen) atoms. The van der Waals surface area contributed by atoms with E-state index in [4.69, 9.17) is 23.2 Å². The van der Waals surface area contributed by atoms with Gasteiger partial charge in [0.05, 0.1) is 11.9 Å². The lowest BCUT2D eigenvalue weighted by Crippen LogP contribution is -2.40. The zero-order chi connectivity index (χ0) is 18.6. The molecular formula is C17H18Cl2N2O3S. The third-order valence-electron chi connectivity index (χ3n) is 3.56. The van der Waals surface area contributed by atoms with Crippen molar-refractivity contribution in [3.8, 4) is 0 Å². The molecule has 134 valence electrons. The Hall–Kier alpha value is -1.76. The molecule has 0 fully saturated rings. The second-order valence-electron chi connectivity index (χ2n) is 5.57. The first kappa shape index (κ1) is 19.6. The minimum Gasteiger partial charge on any atom is -0.350 e. The number of nitrogens with one attached hydrogen (secondary N) is 1. The van der Waals surface area contributed by atoms with Crippen molar-refractivity contribution in [1.82, 2.24) is 5.32 Å². The number of sulfonamides is 1. The molecule has 2 rings (SSSR count). The van der Waals surface area contributed by atoms with E-state index in [0.717, 1.165) is 21.7 Å². The fraction of sp³-hybridized carbons (Fsp3) is 0.235. The van der Waals surface area contributed by atoms with Crippen LogP contribution in [0.25, 0.3) is 0 Å². The SMILES string of the molecule is Cc1ccc(N(CC(=O)NCc2ccccc2Cl)S(C)(=O)=O)cc1Cl. The predicted octanol–water partition coefficient (Wildman–Crippen LogP) is 3.38. The number of carbonyl (C=O) groups excluding carboxylic acids is 1. The van der Waals surface area contributed by atoms with Crippen molar-refractivity contribution >= 4 is 44.8 Å². The molecule has 0 saturated carbocycles. The largest absolute Gasteiger partial charge is 0.350 e. The van der Waals surface area contributed by atoms with Gasteiger partial charge in [0.15, 0.2) is 0 Å². The van der Waals surface area contributed by atoms with Crippen LogP contribution in [0.4, 0.5) is 5.69 Å². The molecular weight excluding hydrogens is 383 g/mol. The average Bonchev–Trinajstić information content (AvgIpc) is 2.53. The van der Waals surface area contributed by atoms with Crippen LogP contribution < -0.4 is 9.62 Å². The van der Waals surface area contributed by atoms with Gasteiger partial charge in [0.2, 0.25) is 15.9 Å². The lowest BCUT2D eigenvalue weighted by molar-refractivity contribution is -0.119. The van der Waals surface area contributed by atoms with Gasteiger partial charge in [-0.1, -0.05) is 47.5 Å². The quantitative estimate of drug-likeness (QED) is 0.807. The normalized spacial score (nSPS) is 11.2. The van der Waals surface area contributed by atoms with Crippen molar-refractivity contribution in [1.29, 1.82) is 0 Å². The number of anilines is 1. The van der Waals surface area contributed by atoms with Crippen molar-refractivity contribution in [3.63, 3.8) is 0 Å². The highest BCUT2D eigenvalue weighted by atomic mass is 35.5. The maximum absolute atomic E-state index is 12.2. The topological polar surface area (TPSA) is 66.5 Å². The number of halogens is 2. The third kappa shape index (κ3) is 5.36. The number of rotatable bonds is 6. The second kappa shape index (κ2) is 8.08. The van der Waals surface area contributed by atoms with Crippen molar-refractivity contribution in [2.24, 2.45) is 0 Å². The maximum atomic E-state index is 12.2. The number of nitrogens with zero attached hydrogens (tertiary/aromatic N) is 1. The molecule has 8 heteroatoms. The van der Waals surface area contributed by atoms with Crippen molar-refractivity contribution in [2.45, 2.75) is 13.5 Å². The summed E-state index contributed by atoms with van der Waals surface area (Å²) in [6, 6.07) is 12.0. The molecule has 0 bridgehead atoms. The molecule has 5 nitrogen and oxygen atoms in total. The van der Waals surface area contributed by atoms with Crippen LogP contribution in [0, 0.1) is 6.92 Å². The van der Waals surface area contributed by atoms with Gasteiger partial charge >= 0.3 is 0 Å². The van der Waals surface area contributed by atoms with E-state index in [1.165, 1.54) is 6.07 Å². The number of amides is 1. The van der Waals surface area contributed by atoms with Crippen LogP contribution in [0.1, 0.15) is 11.1 Å². The lowest BCUT2D eigenvalue weighted by atomic mass is 10.2. The fourth-order valence-electron chi connectivity index (χ4n) is 2.16. The fourth-order valence-corrected chi connectivity index (χ4v) is 3.38. The molecule has 0 aliphatic carbocycles. The van der Waals surface area contributed by atoms with E-state index >= 15 is 0 Å². The van der Waals surface area contributed by atoms with Gasteiger partial charge in [0.25, 0.3) is 0 Å². The lowest BCUT2D eigenvalue weighted by Gasteiger charge is -2.22. The van der Waals surface area contributed by atoms with E-state index in [2.05, 4.69) is 5.32 Å². The van der Waals surface area contributed by atoms with Gasteiger partial charge in [-0.2, -0.15) is 0 Å². The van der Waals surface area contributed by atoms with Crippen molar-refractivity contribution in [3.05, 3.63) is 63.6 Å². The zero-order valence-corrected chi connectivity index (χ0v) is 16.1. The summed E-state index contributed by atoms with van der Waals surface area (Å²) < 4.78 is 25.2. The Morgan fingerprint density at radius 1 is 1.12 bits per heavy atom. The molecule has 0 unspecified atom stereocenters. The Morgan fingerprint density at radius 3 is 2.40 bits per heavy atom. The van der Waals surface area contributed by atoms with Crippen molar-refractivity contribution < 1.29 is 13.2 Å². The minimum atomic E-state index is -3.65. The third-order valence-corrected chi connectivity index (χ3v) is 5.48. The first-order valence-electron chi connectivity index (χ1n) is 7.42. The zero-order valence-electron chi connectivity index (χ0n) is 13.8. The molecule has 0 aliphatic rings. The maximum Gasteiger partial charge on any atom is 0.241 e. The number of hydrogen-bond donors (Lipinski definition) is 1. The first-order valence-corrected chi connectivity index (χ1v) is 10.0. The highest BCUT2D eigenvalue weighted by Crippen LogP contribution is 2.24. The highest BCUT2D eigenvalue weighted by Gasteiger charge is 2.21. The monoisotopic (exact) mass is 400 g/mol. The number of aryl methyl sites for hydroxylation is 1. The Labute approximate surface area is 157 Å². The van der Waals surface area contributed by atoms with Crippen LogP contribution >= 0.6 is 23.2 Å². The van der Waals surface area contributed by atoms with E-state index in [1.807, 2.05) is 13.0 Å². The summed E-state index contributed by atoms with van der Waals surface area (Å²) in [5.41, 5.74) is 1.91. The van der Waals surface area contributed by atoms with Gasteiger partial charge in [0, 0.05) is 16.6 Å². The highest BCUT2D eigenvalue weighted by molar-refractivity contribution is 7.92. The number of hydrogen-bond acceptors (Lipinski definition) is 3. The summed E-state index contributed by atoms with van der Waals surface area (Å²) in [7, 11) is -3.65. The molecule has 0 atom stereocenters. The van der Waals surface area contributed by atoms with Crippen LogP contribution in [-0.2, 0) is 21.4 Å². The van der Waals surface area contributed by atoms with Gasteiger partial charge in [-0.3, -0.25) is 9.10 Å². The standard InChI is InChI=1S/C17H18Cl2N2O3S/c1-12-7-8-14(9-16(12)19)21(25(2,23)24)11-17(22)20-10-13-5-3-4-6-15(13)18/h3-9H,10-11H2,1-2H3,(H,20,22). The Balaban J connectivity index is 2.13. The van der Waals surface area contributed by atoms with E-state index in [0.29, 0.717) is 15.7 Å². The average molecular weight is 401 g/mol. The molecule has 0 saturated heterocycles. The second-order valence-corrected chi connectivity index (χ2v) is 8.29.